The van der Waals surface area contributed by atoms with Crippen molar-refractivity contribution in [2.45, 2.75) is 50.2 Å². The Hall–Kier alpha value is -3.33. The molecule has 9 nitrogen and oxygen atoms in total. The lowest BCUT2D eigenvalue weighted by atomic mass is 9.90. The summed E-state index contributed by atoms with van der Waals surface area (Å²) in [5.41, 5.74) is 0.288. The van der Waals surface area contributed by atoms with Crippen LogP contribution in [0.15, 0.2) is 71.9 Å². The van der Waals surface area contributed by atoms with Gasteiger partial charge in [-0.3, -0.25) is 14.3 Å². The van der Waals surface area contributed by atoms with Crippen molar-refractivity contribution >= 4 is 26.0 Å². The molecule has 0 fully saturated rings. The highest BCUT2D eigenvalue weighted by Gasteiger charge is 2.43. The standard InChI is InChI=1S/C28H32F3N3O6S2/c1-20-19-32-14-13-23(20)21-8-6-9-22(18-21)27(2,3)34(16-7-12-26(35)33-15-17-41(36,37)38)42(39,40)25-11-5-4-10-24(25)28(29,30)31/h4-6,8-11,13-14,18-19H,7,12,15-17H2,1-3H3,(H,33,35)(H,36,37,38). The van der Waals surface area contributed by atoms with E-state index in [1.54, 1.807) is 50.5 Å². The summed E-state index contributed by atoms with van der Waals surface area (Å²) >= 11 is 0. The minimum absolute atomic E-state index is 0.0856. The predicted molar refractivity (Wildman–Crippen MR) is 151 cm³/mol. The quantitative estimate of drug-likeness (QED) is 0.276. The maximum absolute atomic E-state index is 14.0. The summed E-state index contributed by atoms with van der Waals surface area (Å²) in [5.74, 6) is -1.31. The van der Waals surface area contributed by atoms with Crippen LogP contribution < -0.4 is 5.32 Å². The van der Waals surface area contributed by atoms with Crippen LogP contribution in [0.3, 0.4) is 0 Å². The van der Waals surface area contributed by atoms with Crippen molar-refractivity contribution in [3.05, 3.63) is 83.7 Å². The van der Waals surface area contributed by atoms with E-state index in [9.17, 15) is 34.8 Å². The van der Waals surface area contributed by atoms with Crippen molar-refractivity contribution < 1.29 is 39.4 Å². The average Bonchev–Trinajstić information content (AvgIpc) is 2.90. The number of alkyl halides is 3. The van der Waals surface area contributed by atoms with Crippen LogP contribution in [-0.4, -0.2) is 55.4 Å². The Balaban J connectivity index is 2.02. The Bertz CT molecular complexity index is 1640. The summed E-state index contributed by atoms with van der Waals surface area (Å²) in [6.07, 6.45) is -1.97. The number of benzene rings is 2. The molecule has 228 valence electrons. The predicted octanol–water partition coefficient (Wildman–Crippen LogP) is 4.79. The lowest BCUT2D eigenvalue weighted by molar-refractivity contribution is -0.140. The van der Waals surface area contributed by atoms with Crippen LogP contribution >= 0.6 is 0 Å². The van der Waals surface area contributed by atoms with Crippen molar-refractivity contribution in [1.29, 1.82) is 0 Å². The molecule has 0 atom stereocenters. The Labute approximate surface area is 243 Å². The minimum Gasteiger partial charge on any atom is -0.355 e. The Morgan fingerprint density at radius 1 is 1.02 bits per heavy atom. The average molecular weight is 628 g/mol. The molecule has 1 heterocycles. The van der Waals surface area contributed by atoms with Gasteiger partial charge in [-0.2, -0.15) is 25.9 Å². The Kier molecular flexibility index (Phi) is 10.2. The molecule has 0 aliphatic carbocycles. The van der Waals surface area contributed by atoms with Gasteiger partial charge in [-0.05, 0) is 73.7 Å². The van der Waals surface area contributed by atoms with Crippen molar-refractivity contribution in [3.8, 4) is 11.1 Å². The highest BCUT2D eigenvalue weighted by molar-refractivity contribution is 7.89. The Morgan fingerprint density at radius 3 is 2.36 bits per heavy atom. The first-order chi connectivity index (χ1) is 19.4. The molecule has 3 aromatic rings. The van der Waals surface area contributed by atoms with Gasteiger partial charge >= 0.3 is 6.18 Å². The molecule has 0 radical (unpaired) electrons. The minimum atomic E-state index is -4.94. The van der Waals surface area contributed by atoms with Crippen LogP contribution in [0.1, 0.15) is 43.4 Å². The third-order valence-corrected chi connectivity index (χ3v) is 9.58. The number of hydrogen-bond acceptors (Lipinski definition) is 6. The van der Waals surface area contributed by atoms with Gasteiger partial charge < -0.3 is 5.32 Å². The summed E-state index contributed by atoms with van der Waals surface area (Å²) < 4.78 is 101. The van der Waals surface area contributed by atoms with Gasteiger partial charge in [-0.1, -0.05) is 30.3 Å². The van der Waals surface area contributed by atoms with Crippen LogP contribution in [0.5, 0.6) is 0 Å². The van der Waals surface area contributed by atoms with Crippen molar-refractivity contribution in [3.63, 3.8) is 0 Å². The monoisotopic (exact) mass is 627 g/mol. The van der Waals surface area contributed by atoms with Crippen LogP contribution in [0.4, 0.5) is 13.2 Å². The van der Waals surface area contributed by atoms with Gasteiger partial charge in [0.25, 0.3) is 10.1 Å². The second-order valence-electron chi connectivity index (χ2n) is 10.1. The number of carbonyl (C=O) groups is 1. The van der Waals surface area contributed by atoms with Gasteiger partial charge in [-0.25, -0.2) is 8.42 Å². The van der Waals surface area contributed by atoms with Crippen molar-refractivity contribution in [2.24, 2.45) is 0 Å². The van der Waals surface area contributed by atoms with Gasteiger partial charge in [0.05, 0.1) is 21.8 Å². The molecular weight excluding hydrogens is 595 g/mol. The molecule has 1 aromatic heterocycles. The summed E-state index contributed by atoms with van der Waals surface area (Å²) in [6, 6.07) is 12.7. The fraction of sp³-hybridized carbons (Fsp3) is 0.357. The fourth-order valence-electron chi connectivity index (χ4n) is 4.54. The van der Waals surface area contributed by atoms with Crippen molar-refractivity contribution in [1.82, 2.24) is 14.6 Å². The first-order valence-electron chi connectivity index (χ1n) is 12.9. The van der Waals surface area contributed by atoms with E-state index < -0.39 is 54.0 Å². The van der Waals surface area contributed by atoms with E-state index in [0.717, 1.165) is 33.1 Å². The van der Waals surface area contributed by atoms with E-state index in [2.05, 4.69) is 10.3 Å². The van der Waals surface area contributed by atoms with Crippen LogP contribution in [0, 0.1) is 6.92 Å². The van der Waals surface area contributed by atoms with Gasteiger partial charge in [-0.15, -0.1) is 0 Å². The molecule has 1 amide bonds. The lowest BCUT2D eigenvalue weighted by Crippen LogP contribution is -2.46. The van der Waals surface area contributed by atoms with E-state index in [-0.39, 0.29) is 25.9 Å². The number of sulfonamides is 1. The van der Waals surface area contributed by atoms with Gasteiger partial charge in [0, 0.05) is 31.9 Å². The third-order valence-electron chi connectivity index (χ3n) is 6.73. The second kappa shape index (κ2) is 12.9. The summed E-state index contributed by atoms with van der Waals surface area (Å²) in [4.78, 5) is 15.4. The zero-order chi connectivity index (χ0) is 31.3. The number of nitrogens with zero attached hydrogens (tertiary/aromatic N) is 2. The molecule has 0 bridgehead atoms. The molecule has 0 unspecified atom stereocenters. The zero-order valence-corrected chi connectivity index (χ0v) is 24.9. The number of hydrogen-bond donors (Lipinski definition) is 2. The van der Waals surface area contributed by atoms with Crippen LogP contribution in [-0.2, 0) is 36.7 Å². The first-order valence-corrected chi connectivity index (χ1v) is 15.9. The molecular formula is C28H32F3N3O6S2. The third kappa shape index (κ3) is 8.15. The molecule has 2 aromatic carbocycles. The SMILES string of the molecule is Cc1cnccc1-c1cccc(C(C)(C)N(CCCC(=O)NCCS(=O)(=O)O)S(=O)(=O)c2ccccc2C(F)(F)F)c1. The number of pyridine rings is 1. The molecule has 0 spiro atoms. The highest BCUT2D eigenvalue weighted by Crippen LogP contribution is 2.40. The van der Waals surface area contributed by atoms with E-state index >= 15 is 0 Å². The molecule has 2 N–H and O–H groups in total. The smallest absolute Gasteiger partial charge is 0.355 e. The molecule has 0 aliphatic heterocycles. The summed E-state index contributed by atoms with van der Waals surface area (Å²) in [6.45, 7) is 4.33. The number of nitrogens with one attached hydrogen (secondary N) is 1. The van der Waals surface area contributed by atoms with Crippen LogP contribution in [0.25, 0.3) is 11.1 Å². The normalized spacial score (nSPS) is 12.9. The number of amides is 1. The number of rotatable bonds is 12. The van der Waals surface area contributed by atoms with Crippen molar-refractivity contribution in [2.75, 3.05) is 18.8 Å². The molecule has 14 heteroatoms. The van der Waals surface area contributed by atoms with Gasteiger partial charge in [0.2, 0.25) is 15.9 Å². The zero-order valence-electron chi connectivity index (χ0n) is 23.2. The number of aromatic nitrogens is 1. The summed E-state index contributed by atoms with van der Waals surface area (Å²) in [5, 5.41) is 2.31. The number of halogens is 3. The largest absolute Gasteiger partial charge is 0.417 e. The molecule has 0 aliphatic rings. The highest BCUT2D eigenvalue weighted by atomic mass is 32.2. The maximum Gasteiger partial charge on any atom is 0.417 e. The van der Waals surface area contributed by atoms with Crippen LogP contribution in [0.2, 0.25) is 0 Å². The Morgan fingerprint density at radius 2 is 1.71 bits per heavy atom. The molecule has 3 rings (SSSR count). The topological polar surface area (TPSA) is 134 Å². The van der Waals surface area contributed by atoms with E-state index in [0.29, 0.717) is 11.6 Å². The van der Waals surface area contributed by atoms with E-state index in [1.165, 1.54) is 6.07 Å². The summed E-state index contributed by atoms with van der Waals surface area (Å²) in [7, 11) is -9.08. The van der Waals surface area contributed by atoms with Gasteiger partial charge in [0.15, 0.2) is 0 Å². The maximum atomic E-state index is 14.0. The molecule has 0 saturated heterocycles. The van der Waals surface area contributed by atoms with E-state index in [1.807, 2.05) is 13.0 Å². The van der Waals surface area contributed by atoms with E-state index in [4.69, 9.17) is 4.55 Å². The number of carbonyl (C=O) groups excluding carboxylic acids is 1. The second-order valence-corrected chi connectivity index (χ2v) is 13.5. The lowest BCUT2D eigenvalue weighted by Gasteiger charge is -2.38. The number of aryl methyl sites for hydroxylation is 1. The fourth-order valence-corrected chi connectivity index (χ4v) is 6.93. The molecule has 0 saturated carbocycles. The molecule has 42 heavy (non-hydrogen) atoms. The van der Waals surface area contributed by atoms with Gasteiger partial charge in [0.1, 0.15) is 0 Å². The first kappa shape index (κ1) is 33.2.